The summed E-state index contributed by atoms with van der Waals surface area (Å²) in [5, 5.41) is 5.49. The third-order valence-corrected chi connectivity index (χ3v) is 4.65. The highest BCUT2D eigenvalue weighted by atomic mass is 32.2. The van der Waals surface area contributed by atoms with E-state index >= 15 is 0 Å². The van der Waals surface area contributed by atoms with Crippen molar-refractivity contribution in [2.45, 2.75) is 19.9 Å². The zero-order chi connectivity index (χ0) is 21.6. The maximum atomic E-state index is 12.7. The normalized spacial score (nSPS) is 12.2. The lowest BCUT2D eigenvalue weighted by molar-refractivity contribution is -0.118. The predicted molar refractivity (Wildman–Crippen MR) is 113 cm³/mol. The van der Waals surface area contributed by atoms with Crippen LogP contribution < -0.4 is 20.1 Å². The first-order valence-corrected chi connectivity index (χ1v) is 10.8. The zero-order valence-corrected chi connectivity index (χ0v) is 17.5. The summed E-state index contributed by atoms with van der Waals surface area (Å²) in [7, 11) is -1.84. The molecule has 0 spiro atoms. The lowest BCUT2D eigenvalue weighted by Gasteiger charge is -2.22. The van der Waals surface area contributed by atoms with Crippen LogP contribution in [0.5, 0.6) is 5.75 Å². The molecule has 2 amide bonds. The van der Waals surface area contributed by atoms with E-state index in [1.807, 2.05) is 13.8 Å². The number of carbonyl (C=O) groups excluding carboxylic acids is 2. The lowest BCUT2D eigenvalue weighted by Crippen LogP contribution is -2.47. The molecule has 0 saturated heterocycles. The quantitative estimate of drug-likeness (QED) is 0.608. The van der Waals surface area contributed by atoms with Gasteiger partial charge >= 0.3 is 0 Å². The molecule has 0 aromatic heterocycles. The highest BCUT2D eigenvalue weighted by molar-refractivity contribution is 7.92. The lowest BCUT2D eigenvalue weighted by atomic mass is 10.0. The van der Waals surface area contributed by atoms with E-state index in [-0.39, 0.29) is 17.7 Å². The molecule has 0 heterocycles. The highest BCUT2D eigenvalue weighted by Gasteiger charge is 2.25. The van der Waals surface area contributed by atoms with Gasteiger partial charge in [0.2, 0.25) is 15.9 Å². The summed E-state index contributed by atoms with van der Waals surface area (Å²) in [4.78, 5) is 25.2. The number of hydrogen-bond donors (Lipinski definition) is 3. The molecule has 0 radical (unpaired) electrons. The van der Waals surface area contributed by atoms with Crippen molar-refractivity contribution >= 4 is 33.2 Å². The summed E-state index contributed by atoms with van der Waals surface area (Å²) >= 11 is 0. The van der Waals surface area contributed by atoms with Crippen LogP contribution in [0.1, 0.15) is 24.2 Å². The SMILES string of the molecule is COc1ccc(C(=O)NC(C(=O)Nc2ccc(NS(C)(=O)=O)cc2)C(C)C)cc1. The Morgan fingerprint density at radius 1 is 0.931 bits per heavy atom. The monoisotopic (exact) mass is 419 g/mol. The average molecular weight is 420 g/mol. The number of hydrogen-bond acceptors (Lipinski definition) is 5. The van der Waals surface area contributed by atoms with Gasteiger partial charge in [0, 0.05) is 16.9 Å². The van der Waals surface area contributed by atoms with Gasteiger partial charge in [-0.15, -0.1) is 0 Å². The number of ether oxygens (including phenoxy) is 1. The average Bonchev–Trinajstić information content (AvgIpc) is 2.66. The number of amides is 2. The van der Waals surface area contributed by atoms with Crippen LogP contribution in [-0.4, -0.2) is 39.6 Å². The van der Waals surface area contributed by atoms with Crippen LogP contribution in [0.2, 0.25) is 0 Å². The Morgan fingerprint density at radius 2 is 1.48 bits per heavy atom. The molecule has 0 aliphatic rings. The van der Waals surface area contributed by atoms with Gasteiger partial charge in [0.15, 0.2) is 0 Å². The summed E-state index contributed by atoms with van der Waals surface area (Å²) in [6.07, 6.45) is 1.06. The minimum atomic E-state index is -3.37. The molecule has 8 nitrogen and oxygen atoms in total. The van der Waals surface area contributed by atoms with E-state index < -0.39 is 16.1 Å². The molecule has 0 bridgehead atoms. The van der Waals surface area contributed by atoms with Crippen molar-refractivity contribution in [2.75, 3.05) is 23.4 Å². The van der Waals surface area contributed by atoms with Gasteiger partial charge in [0.25, 0.3) is 5.91 Å². The fourth-order valence-corrected chi connectivity index (χ4v) is 3.12. The highest BCUT2D eigenvalue weighted by Crippen LogP contribution is 2.16. The predicted octanol–water partition coefficient (Wildman–Crippen LogP) is 2.46. The molecule has 0 aliphatic heterocycles. The van der Waals surface area contributed by atoms with E-state index in [2.05, 4.69) is 15.4 Å². The Bertz CT molecular complexity index is 955. The second kappa shape index (κ2) is 9.42. The molecule has 29 heavy (non-hydrogen) atoms. The summed E-state index contributed by atoms with van der Waals surface area (Å²) in [5.74, 6) is -0.253. The first kappa shape index (κ1) is 22.2. The summed E-state index contributed by atoms with van der Waals surface area (Å²) in [6, 6.07) is 12.1. The van der Waals surface area contributed by atoms with E-state index in [4.69, 9.17) is 4.74 Å². The number of carbonyl (C=O) groups is 2. The number of benzene rings is 2. The summed E-state index contributed by atoms with van der Waals surface area (Å²) < 4.78 is 29.9. The molecule has 0 aliphatic carbocycles. The van der Waals surface area contributed by atoms with Gasteiger partial charge in [-0.1, -0.05) is 13.8 Å². The van der Waals surface area contributed by atoms with Crippen molar-refractivity contribution in [3.8, 4) is 5.75 Å². The Balaban J connectivity index is 2.05. The Hall–Kier alpha value is -3.07. The minimum absolute atomic E-state index is 0.150. The third kappa shape index (κ3) is 6.79. The van der Waals surface area contributed by atoms with Crippen LogP contribution >= 0.6 is 0 Å². The van der Waals surface area contributed by atoms with Crippen molar-refractivity contribution in [1.29, 1.82) is 0 Å². The Kier molecular flexibility index (Phi) is 7.22. The maximum absolute atomic E-state index is 12.7. The van der Waals surface area contributed by atoms with Gasteiger partial charge in [0.1, 0.15) is 11.8 Å². The third-order valence-electron chi connectivity index (χ3n) is 4.04. The maximum Gasteiger partial charge on any atom is 0.251 e. The molecule has 9 heteroatoms. The second-order valence-corrected chi connectivity index (χ2v) is 8.61. The largest absolute Gasteiger partial charge is 0.497 e. The van der Waals surface area contributed by atoms with Crippen LogP contribution in [0.15, 0.2) is 48.5 Å². The van der Waals surface area contributed by atoms with Crippen LogP contribution in [-0.2, 0) is 14.8 Å². The summed E-state index contributed by atoms with van der Waals surface area (Å²) in [6.45, 7) is 3.66. The Labute approximate surface area is 170 Å². The first-order chi connectivity index (χ1) is 13.6. The van der Waals surface area contributed by atoms with Crippen molar-refractivity contribution < 1.29 is 22.7 Å². The molecule has 1 atom stereocenters. The van der Waals surface area contributed by atoms with Crippen LogP contribution in [0, 0.1) is 5.92 Å². The van der Waals surface area contributed by atoms with Gasteiger partial charge in [-0.3, -0.25) is 14.3 Å². The standard InChI is InChI=1S/C20H25N3O5S/c1-13(2)18(22-19(24)14-5-11-17(28-3)12-6-14)20(25)21-15-7-9-16(10-8-15)23-29(4,26)27/h5-13,18,23H,1-4H3,(H,21,25)(H,22,24). The molecular weight excluding hydrogens is 394 g/mol. The number of anilines is 2. The van der Waals surface area contributed by atoms with E-state index in [1.54, 1.807) is 36.4 Å². The zero-order valence-electron chi connectivity index (χ0n) is 16.7. The molecule has 156 valence electrons. The fourth-order valence-electron chi connectivity index (χ4n) is 2.56. The molecule has 2 aromatic carbocycles. The van der Waals surface area contributed by atoms with E-state index in [1.165, 1.54) is 19.2 Å². The van der Waals surface area contributed by atoms with Gasteiger partial charge in [0.05, 0.1) is 13.4 Å². The van der Waals surface area contributed by atoms with Gasteiger partial charge < -0.3 is 15.4 Å². The molecular formula is C20H25N3O5S. The smallest absolute Gasteiger partial charge is 0.251 e. The van der Waals surface area contributed by atoms with Gasteiger partial charge in [-0.05, 0) is 54.4 Å². The van der Waals surface area contributed by atoms with E-state index in [9.17, 15) is 18.0 Å². The van der Waals surface area contributed by atoms with E-state index in [0.29, 0.717) is 22.7 Å². The number of methoxy groups -OCH3 is 1. The van der Waals surface area contributed by atoms with Crippen molar-refractivity contribution in [3.63, 3.8) is 0 Å². The van der Waals surface area contributed by atoms with Crippen molar-refractivity contribution in [2.24, 2.45) is 5.92 Å². The molecule has 2 aromatic rings. The molecule has 0 saturated carbocycles. The van der Waals surface area contributed by atoms with Crippen LogP contribution in [0.25, 0.3) is 0 Å². The fraction of sp³-hybridized carbons (Fsp3) is 0.300. The number of sulfonamides is 1. The van der Waals surface area contributed by atoms with Crippen LogP contribution in [0.4, 0.5) is 11.4 Å². The van der Waals surface area contributed by atoms with Crippen molar-refractivity contribution in [1.82, 2.24) is 5.32 Å². The van der Waals surface area contributed by atoms with Crippen LogP contribution in [0.3, 0.4) is 0 Å². The molecule has 1 unspecified atom stereocenters. The van der Waals surface area contributed by atoms with Gasteiger partial charge in [-0.25, -0.2) is 8.42 Å². The number of rotatable bonds is 8. The van der Waals surface area contributed by atoms with Gasteiger partial charge in [-0.2, -0.15) is 0 Å². The summed E-state index contributed by atoms with van der Waals surface area (Å²) in [5.41, 5.74) is 1.29. The Morgan fingerprint density at radius 3 is 1.97 bits per heavy atom. The topological polar surface area (TPSA) is 114 Å². The molecule has 3 N–H and O–H groups in total. The second-order valence-electron chi connectivity index (χ2n) is 6.86. The van der Waals surface area contributed by atoms with E-state index in [0.717, 1.165) is 6.26 Å². The first-order valence-electron chi connectivity index (χ1n) is 8.92. The van der Waals surface area contributed by atoms with Crippen molar-refractivity contribution in [3.05, 3.63) is 54.1 Å². The minimum Gasteiger partial charge on any atom is -0.497 e. The molecule has 0 fully saturated rings. The molecule has 2 rings (SSSR count). The number of nitrogens with one attached hydrogen (secondary N) is 3.